The number of ether oxygens (including phenoxy) is 2. The van der Waals surface area contributed by atoms with Crippen molar-refractivity contribution in [2.45, 2.75) is 39.5 Å². The summed E-state index contributed by atoms with van der Waals surface area (Å²) in [5, 5.41) is 4.66. The fourth-order valence-electron chi connectivity index (χ4n) is 2.32. The first-order valence-corrected chi connectivity index (χ1v) is 9.29. The number of rotatable bonds is 10. The van der Waals surface area contributed by atoms with Crippen LogP contribution in [-0.4, -0.2) is 19.3 Å². The summed E-state index contributed by atoms with van der Waals surface area (Å²) in [4.78, 5) is 0. The van der Waals surface area contributed by atoms with Crippen molar-refractivity contribution in [3.8, 4) is 5.75 Å². The molecule has 0 aliphatic carbocycles. The molecule has 25 heavy (non-hydrogen) atoms. The molecule has 2 aromatic rings. The maximum absolute atomic E-state index is 6.17. The molecule has 0 aromatic heterocycles. The van der Waals surface area contributed by atoms with Gasteiger partial charge in [-0.25, -0.2) is 0 Å². The molecule has 0 unspecified atom stereocenters. The van der Waals surface area contributed by atoms with Gasteiger partial charge < -0.3 is 14.8 Å². The Labute approximate surface area is 160 Å². The summed E-state index contributed by atoms with van der Waals surface area (Å²) in [6.07, 6.45) is 1.29. The molecule has 0 bridgehead atoms. The van der Waals surface area contributed by atoms with E-state index in [4.69, 9.17) is 32.7 Å². The number of hydrogen-bond acceptors (Lipinski definition) is 3. The molecule has 0 saturated heterocycles. The summed E-state index contributed by atoms with van der Waals surface area (Å²) < 4.78 is 11.4. The summed E-state index contributed by atoms with van der Waals surface area (Å²) in [6, 6.07) is 13.5. The Bertz CT molecular complexity index is 642. The van der Waals surface area contributed by atoms with Crippen LogP contribution in [0.3, 0.4) is 0 Å². The first-order chi connectivity index (χ1) is 12.1. The first kappa shape index (κ1) is 20.1. The van der Waals surface area contributed by atoms with Crippen LogP contribution in [-0.2, 0) is 17.9 Å². The maximum Gasteiger partial charge on any atom is 0.120 e. The molecule has 2 rings (SSSR count). The van der Waals surface area contributed by atoms with E-state index < -0.39 is 0 Å². The lowest BCUT2D eigenvalue weighted by Crippen LogP contribution is -2.17. The van der Waals surface area contributed by atoms with Crippen LogP contribution in [0.5, 0.6) is 5.75 Å². The van der Waals surface area contributed by atoms with Crippen molar-refractivity contribution in [3.63, 3.8) is 0 Å². The summed E-state index contributed by atoms with van der Waals surface area (Å²) in [5.74, 6) is 0.804. The number of benzene rings is 2. The molecule has 0 heterocycles. The van der Waals surface area contributed by atoms with Crippen LogP contribution in [0, 0.1) is 0 Å². The summed E-state index contributed by atoms with van der Waals surface area (Å²) >= 11 is 12.3. The Kier molecular flexibility index (Phi) is 8.56. The van der Waals surface area contributed by atoms with E-state index in [-0.39, 0.29) is 0 Å². The molecular formula is C20H25Cl2NO2. The zero-order chi connectivity index (χ0) is 18.1. The van der Waals surface area contributed by atoms with Crippen LogP contribution in [0.25, 0.3) is 0 Å². The summed E-state index contributed by atoms with van der Waals surface area (Å²) in [6.45, 7) is 6.95. The zero-order valence-corrected chi connectivity index (χ0v) is 16.2. The van der Waals surface area contributed by atoms with Crippen molar-refractivity contribution in [1.29, 1.82) is 0 Å². The Morgan fingerprint density at radius 2 is 1.76 bits per heavy atom. The molecule has 0 radical (unpaired) electrons. The lowest BCUT2D eigenvalue weighted by molar-refractivity contribution is 0.0770. The molecule has 3 nitrogen and oxygen atoms in total. The lowest BCUT2D eigenvalue weighted by atomic mass is 10.2. The minimum absolute atomic E-state index is 0.292. The second-order valence-electron chi connectivity index (χ2n) is 6.09. The van der Waals surface area contributed by atoms with Crippen LogP contribution >= 0.6 is 23.2 Å². The fourth-order valence-corrected chi connectivity index (χ4v) is 2.83. The molecule has 0 saturated carbocycles. The molecule has 0 aliphatic rings. The van der Waals surface area contributed by atoms with Gasteiger partial charge in [0.1, 0.15) is 12.4 Å². The second kappa shape index (κ2) is 10.7. The third kappa shape index (κ3) is 7.25. The van der Waals surface area contributed by atoms with Gasteiger partial charge in [0.05, 0.1) is 6.10 Å². The molecule has 0 aliphatic heterocycles. The quantitative estimate of drug-likeness (QED) is 0.552. The van der Waals surface area contributed by atoms with Gasteiger partial charge in [-0.2, -0.15) is 0 Å². The molecule has 0 spiro atoms. The average Bonchev–Trinajstić information content (AvgIpc) is 2.58. The van der Waals surface area contributed by atoms with Crippen LogP contribution in [0.2, 0.25) is 10.0 Å². The van der Waals surface area contributed by atoms with E-state index in [1.807, 2.05) is 36.4 Å². The lowest BCUT2D eigenvalue weighted by Gasteiger charge is -2.11. The molecule has 5 heteroatoms. The van der Waals surface area contributed by atoms with Gasteiger partial charge in [0.25, 0.3) is 0 Å². The largest absolute Gasteiger partial charge is 0.489 e. The Balaban J connectivity index is 1.79. The summed E-state index contributed by atoms with van der Waals surface area (Å²) in [5.41, 5.74) is 1.98. The van der Waals surface area contributed by atoms with Crippen LogP contribution in [0.15, 0.2) is 42.5 Å². The molecular weight excluding hydrogens is 357 g/mol. The highest BCUT2D eigenvalue weighted by Gasteiger charge is 2.06. The Morgan fingerprint density at radius 3 is 2.48 bits per heavy atom. The third-order valence-corrected chi connectivity index (χ3v) is 4.33. The van der Waals surface area contributed by atoms with Crippen molar-refractivity contribution in [2.24, 2.45) is 0 Å². The SMILES string of the molecule is CC(C)OCCCNCc1cccc(OCc2c(Cl)cccc2Cl)c1. The maximum atomic E-state index is 6.17. The highest BCUT2D eigenvalue weighted by atomic mass is 35.5. The van der Waals surface area contributed by atoms with E-state index >= 15 is 0 Å². The van der Waals surface area contributed by atoms with E-state index in [0.29, 0.717) is 22.8 Å². The molecule has 0 amide bonds. The third-order valence-electron chi connectivity index (χ3n) is 3.62. The molecule has 0 fully saturated rings. The number of nitrogens with one attached hydrogen (secondary N) is 1. The standard InChI is InChI=1S/C20H25Cl2NO2/c1-15(2)24-11-5-10-23-13-16-6-3-7-17(12-16)25-14-18-19(21)8-4-9-20(18)22/h3-4,6-9,12,15,23H,5,10-11,13-14H2,1-2H3. The van der Waals surface area contributed by atoms with E-state index in [1.54, 1.807) is 0 Å². The van der Waals surface area contributed by atoms with Crippen LogP contribution < -0.4 is 10.1 Å². The van der Waals surface area contributed by atoms with E-state index in [2.05, 4.69) is 25.2 Å². The van der Waals surface area contributed by atoms with Crippen LogP contribution in [0.1, 0.15) is 31.4 Å². The number of hydrogen-bond donors (Lipinski definition) is 1. The van der Waals surface area contributed by atoms with Gasteiger partial charge >= 0.3 is 0 Å². The van der Waals surface area contributed by atoms with Crippen molar-refractivity contribution in [2.75, 3.05) is 13.2 Å². The highest BCUT2D eigenvalue weighted by Crippen LogP contribution is 2.26. The van der Waals surface area contributed by atoms with Crippen molar-refractivity contribution in [1.82, 2.24) is 5.32 Å². The Morgan fingerprint density at radius 1 is 1.04 bits per heavy atom. The van der Waals surface area contributed by atoms with Gasteiger partial charge in [-0.05, 0) is 56.6 Å². The molecule has 2 aromatic carbocycles. The van der Waals surface area contributed by atoms with Gasteiger partial charge in [0.2, 0.25) is 0 Å². The molecule has 0 atom stereocenters. The minimum atomic E-state index is 0.292. The van der Waals surface area contributed by atoms with E-state index in [1.165, 1.54) is 5.56 Å². The predicted molar refractivity (Wildman–Crippen MR) is 105 cm³/mol. The monoisotopic (exact) mass is 381 g/mol. The van der Waals surface area contributed by atoms with Crippen molar-refractivity contribution >= 4 is 23.2 Å². The molecule has 1 N–H and O–H groups in total. The average molecular weight is 382 g/mol. The predicted octanol–water partition coefficient (Wildman–Crippen LogP) is 5.48. The van der Waals surface area contributed by atoms with Crippen molar-refractivity contribution < 1.29 is 9.47 Å². The minimum Gasteiger partial charge on any atom is -0.489 e. The topological polar surface area (TPSA) is 30.5 Å². The zero-order valence-electron chi connectivity index (χ0n) is 14.7. The number of halogens is 2. The van der Waals surface area contributed by atoms with Gasteiger partial charge in [0.15, 0.2) is 0 Å². The van der Waals surface area contributed by atoms with Crippen molar-refractivity contribution in [3.05, 3.63) is 63.6 Å². The Hall–Kier alpha value is -1.26. The first-order valence-electron chi connectivity index (χ1n) is 8.53. The van der Waals surface area contributed by atoms with Gasteiger partial charge in [-0.15, -0.1) is 0 Å². The fraction of sp³-hybridized carbons (Fsp3) is 0.400. The van der Waals surface area contributed by atoms with Crippen LogP contribution in [0.4, 0.5) is 0 Å². The smallest absolute Gasteiger partial charge is 0.120 e. The van der Waals surface area contributed by atoms with Gasteiger partial charge in [0, 0.05) is 28.8 Å². The van der Waals surface area contributed by atoms with E-state index in [9.17, 15) is 0 Å². The van der Waals surface area contributed by atoms with E-state index in [0.717, 1.165) is 37.4 Å². The second-order valence-corrected chi connectivity index (χ2v) is 6.90. The molecule has 136 valence electrons. The van der Waals surface area contributed by atoms with Gasteiger partial charge in [-0.3, -0.25) is 0 Å². The normalized spacial score (nSPS) is 11.1. The summed E-state index contributed by atoms with van der Waals surface area (Å²) in [7, 11) is 0. The highest BCUT2D eigenvalue weighted by molar-refractivity contribution is 6.35. The van der Waals surface area contributed by atoms with Gasteiger partial charge in [-0.1, -0.05) is 41.4 Å².